The number of hydrogen-bond acceptors (Lipinski definition) is 4. The van der Waals surface area contributed by atoms with Gasteiger partial charge in [0, 0.05) is 18.6 Å². The molecule has 0 aliphatic rings. The molecule has 0 saturated carbocycles. The molecule has 0 amide bonds. The van der Waals surface area contributed by atoms with Gasteiger partial charge in [-0.3, -0.25) is 9.97 Å². The average Bonchev–Trinajstić information content (AvgIpc) is 2.21. The van der Waals surface area contributed by atoms with Crippen molar-refractivity contribution in [3.63, 3.8) is 0 Å². The summed E-state index contributed by atoms with van der Waals surface area (Å²) in [6, 6.07) is 1.80. The van der Waals surface area contributed by atoms with E-state index in [0.29, 0.717) is 0 Å². The molecule has 0 aliphatic heterocycles. The van der Waals surface area contributed by atoms with E-state index in [4.69, 9.17) is 0 Å². The van der Waals surface area contributed by atoms with Crippen molar-refractivity contribution in [3.05, 3.63) is 37.2 Å². The van der Waals surface area contributed by atoms with Gasteiger partial charge in [0.05, 0.1) is 11.9 Å². The fourth-order valence-corrected chi connectivity index (χ4v) is 0.874. The predicted molar refractivity (Wildman–Crippen MR) is 43.1 cm³/mol. The summed E-state index contributed by atoms with van der Waals surface area (Å²) in [7, 11) is 0. The standard InChI is InChI=1S/C8H6N4/c1-2-10-6-12-7(1)8-5-9-3-4-11-8/h1-6H. The van der Waals surface area contributed by atoms with Gasteiger partial charge in [-0.1, -0.05) is 0 Å². The van der Waals surface area contributed by atoms with E-state index in [1.807, 2.05) is 0 Å². The second kappa shape index (κ2) is 3.04. The van der Waals surface area contributed by atoms with Gasteiger partial charge in [0.15, 0.2) is 0 Å². The van der Waals surface area contributed by atoms with E-state index in [1.54, 1.807) is 30.9 Å². The molecular formula is C8H6N4. The van der Waals surface area contributed by atoms with Crippen LogP contribution in [0.15, 0.2) is 37.2 Å². The van der Waals surface area contributed by atoms with E-state index in [9.17, 15) is 0 Å². The van der Waals surface area contributed by atoms with Crippen molar-refractivity contribution < 1.29 is 0 Å². The Morgan fingerprint density at radius 1 is 0.833 bits per heavy atom. The highest BCUT2D eigenvalue weighted by molar-refractivity contribution is 5.50. The summed E-state index contributed by atoms with van der Waals surface area (Å²) < 4.78 is 0. The summed E-state index contributed by atoms with van der Waals surface area (Å²) in [5.41, 5.74) is 1.55. The van der Waals surface area contributed by atoms with Gasteiger partial charge in [0.1, 0.15) is 12.0 Å². The van der Waals surface area contributed by atoms with Crippen LogP contribution in [0.25, 0.3) is 11.4 Å². The van der Waals surface area contributed by atoms with Crippen molar-refractivity contribution in [2.24, 2.45) is 0 Å². The minimum absolute atomic E-state index is 0.764. The van der Waals surface area contributed by atoms with Gasteiger partial charge in [0.2, 0.25) is 0 Å². The van der Waals surface area contributed by atoms with Gasteiger partial charge in [-0.25, -0.2) is 9.97 Å². The molecule has 0 aromatic carbocycles. The fourth-order valence-electron chi connectivity index (χ4n) is 0.874. The van der Waals surface area contributed by atoms with E-state index >= 15 is 0 Å². The van der Waals surface area contributed by atoms with Crippen molar-refractivity contribution >= 4 is 0 Å². The molecule has 4 heteroatoms. The molecule has 0 N–H and O–H groups in total. The molecule has 12 heavy (non-hydrogen) atoms. The van der Waals surface area contributed by atoms with Crippen molar-refractivity contribution in [1.29, 1.82) is 0 Å². The molecule has 2 heterocycles. The van der Waals surface area contributed by atoms with Crippen LogP contribution in [0.2, 0.25) is 0 Å². The Morgan fingerprint density at radius 3 is 2.50 bits per heavy atom. The maximum Gasteiger partial charge on any atom is 0.116 e. The third-order valence-corrected chi connectivity index (χ3v) is 1.41. The first kappa shape index (κ1) is 6.84. The van der Waals surface area contributed by atoms with E-state index < -0.39 is 0 Å². The van der Waals surface area contributed by atoms with Crippen LogP contribution in [0.5, 0.6) is 0 Å². The van der Waals surface area contributed by atoms with Crippen LogP contribution in [0.3, 0.4) is 0 Å². The fraction of sp³-hybridized carbons (Fsp3) is 0. The lowest BCUT2D eigenvalue weighted by molar-refractivity contribution is 1.13. The molecule has 0 fully saturated rings. The van der Waals surface area contributed by atoms with Gasteiger partial charge in [-0.2, -0.15) is 0 Å². The number of hydrogen-bond donors (Lipinski definition) is 0. The molecule has 0 atom stereocenters. The summed E-state index contributed by atoms with van der Waals surface area (Å²) in [4.78, 5) is 15.9. The third kappa shape index (κ3) is 1.27. The lowest BCUT2D eigenvalue weighted by atomic mass is 10.3. The van der Waals surface area contributed by atoms with Crippen molar-refractivity contribution in [2.75, 3.05) is 0 Å². The SMILES string of the molecule is c1cc(-c2cnccn2)ncn1. The predicted octanol–water partition coefficient (Wildman–Crippen LogP) is 0.934. The van der Waals surface area contributed by atoms with Gasteiger partial charge >= 0.3 is 0 Å². The van der Waals surface area contributed by atoms with Crippen LogP contribution >= 0.6 is 0 Å². The summed E-state index contributed by atoms with van der Waals surface area (Å²) in [6.45, 7) is 0. The molecule has 2 aromatic heterocycles. The Bertz CT molecular complexity index is 308. The molecule has 0 unspecified atom stereocenters. The molecule has 0 bridgehead atoms. The molecule has 0 radical (unpaired) electrons. The van der Waals surface area contributed by atoms with Gasteiger partial charge < -0.3 is 0 Å². The Balaban J connectivity index is 2.46. The quantitative estimate of drug-likeness (QED) is 0.619. The second-order valence-corrected chi connectivity index (χ2v) is 2.19. The van der Waals surface area contributed by atoms with Gasteiger partial charge in [-0.15, -0.1) is 0 Å². The Labute approximate surface area is 69.4 Å². The molecule has 2 rings (SSSR count). The Morgan fingerprint density at radius 2 is 1.83 bits per heavy atom. The number of rotatable bonds is 1. The molecule has 2 aromatic rings. The highest BCUT2D eigenvalue weighted by Crippen LogP contribution is 2.08. The summed E-state index contributed by atoms with van der Waals surface area (Å²) in [6.07, 6.45) is 8.10. The van der Waals surface area contributed by atoms with Crippen molar-refractivity contribution in [1.82, 2.24) is 19.9 Å². The molecule has 4 nitrogen and oxygen atoms in total. The van der Waals surface area contributed by atoms with Crippen LogP contribution in [-0.4, -0.2) is 19.9 Å². The molecule has 58 valence electrons. The van der Waals surface area contributed by atoms with Gasteiger partial charge in [0.25, 0.3) is 0 Å². The lowest BCUT2D eigenvalue weighted by Gasteiger charge is -1.95. The normalized spacial score (nSPS) is 9.67. The average molecular weight is 158 g/mol. The first-order valence-corrected chi connectivity index (χ1v) is 3.49. The van der Waals surface area contributed by atoms with Crippen molar-refractivity contribution in [2.45, 2.75) is 0 Å². The maximum absolute atomic E-state index is 4.10. The molecule has 0 spiro atoms. The minimum atomic E-state index is 0.764. The van der Waals surface area contributed by atoms with Crippen LogP contribution in [0, 0.1) is 0 Å². The smallest absolute Gasteiger partial charge is 0.116 e. The van der Waals surface area contributed by atoms with Crippen LogP contribution in [0.4, 0.5) is 0 Å². The molecule has 0 saturated heterocycles. The van der Waals surface area contributed by atoms with E-state index in [1.165, 1.54) is 6.33 Å². The first-order chi connectivity index (χ1) is 5.97. The van der Waals surface area contributed by atoms with Crippen molar-refractivity contribution in [3.8, 4) is 11.4 Å². The van der Waals surface area contributed by atoms with E-state index in [0.717, 1.165) is 11.4 Å². The zero-order valence-corrected chi connectivity index (χ0v) is 6.25. The zero-order chi connectivity index (χ0) is 8.23. The highest BCUT2D eigenvalue weighted by atomic mass is 14.9. The van der Waals surface area contributed by atoms with Gasteiger partial charge in [-0.05, 0) is 6.07 Å². The van der Waals surface area contributed by atoms with Crippen LogP contribution < -0.4 is 0 Å². The van der Waals surface area contributed by atoms with Crippen LogP contribution in [-0.2, 0) is 0 Å². The van der Waals surface area contributed by atoms with E-state index in [-0.39, 0.29) is 0 Å². The second-order valence-electron chi connectivity index (χ2n) is 2.19. The first-order valence-electron chi connectivity index (χ1n) is 3.49. The minimum Gasteiger partial charge on any atom is -0.261 e. The number of nitrogens with zero attached hydrogens (tertiary/aromatic N) is 4. The highest BCUT2D eigenvalue weighted by Gasteiger charge is 1.96. The molecular weight excluding hydrogens is 152 g/mol. The summed E-state index contributed by atoms with van der Waals surface area (Å²) in [5, 5.41) is 0. The molecule has 0 aliphatic carbocycles. The third-order valence-electron chi connectivity index (χ3n) is 1.41. The van der Waals surface area contributed by atoms with Crippen LogP contribution in [0.1, 0.15) is 0 Å². The lowest BCUT2D eigenvalue weighted by Crippen LogP contribution is -1.87. The van der Waals surface area contributed by atoms with E-state index in [2.05, 4.69) is 19.9 Å². The largest absolute Gasteiger partial charge is 0.261 e. The Hall–Kier alpha value is -1.84. The zero-order valence-electron chi connectivity index (χ0n) is 6.25. The number of aromatic nitrogens is 4. The summed E-state index contributed by atoms with van der Waals surface area (Å²) in [5.74, 6) is 0. The monoisotopic (exact) mass is 158 g/mol. The summed E-state index contributed by atoms with van der Waals surface area (Å²) >= 11 is 0. The Kier molecular flexibility index (Phi) is 1.74. The topological polar surface area (TPSA) is 51.6 Å². The maximum atomic E-state index is 4.10.